The average molecular weight is 279 g/mol. The van der Waals surface area contributed by atoms with Crippen LogP contribution in [-0.4, -0.2) is 22.9 Å². The summed E-state index contributed by atoms with van der Waals surface area (Å²) in [5.74, 6) is 0.582. The number of amides is 1. The lowest BCUT2D eigenvalue weighted by Crippen LogP contribution is -2.26. The van der Waals surface area contributed by atoms with Gasteiger partial charge in [0, 0.05) is 35.4 Å². The first-order chi connectivity index (χ1) is 10.1. The summed E-state index contributed by atoms with van der Waals surface area (Å²) >= 11 is 0. The zero-order valence-electron chi connectivity index (χ0n) is 12.3. The van der Waals surface area contributed by atoms with E-state index in [0.29, 0.717) is 11.4 Å². The predicted molar refractivity (Wildman–Crippen MR) is 84.7 cm³/mol. The maximum absolute atomic E-state index is 12.6. The second-order valence-corrected chi connectivity index (χ2v) is 5.19. The highest BCUT2D eigenvalue weighted by molar-refractivity contribution is 6.07. The molecule has 0 spiro atoms. The van der Waals surface area contributed by atoms with Crippen molar-refractivity contribution in [3.63, 3.8) is 0 Å². The third-order valence-electron chi connectivity index (χ3n) is 3.85. The van der Waals surface area contributed by atoms with Crippen molar-refractivity contribution < 1.29 is 4.79 Å². The van der Waals surface area contributed by atoms with Gasteiger partial charge in [-0.1, -0.05) is 6.07 Å². The van der Waals surface area contributed by atoms with Crippen molar-refractivity contribution in [2.75, 3.05) is 11.9 Å². The number of H-pyrrole nitrogens is 1. The molecule has 1 N–H and O–H groups in total. The number of pyridine rings is 1. The highest BCUT2D eigenvalue weighted by atomic mass is 16.2. The first-order valence-corrected chi connectivity index (χ1v) is 6.86. The molecule has 21 heavy (non-hydrogen) atoms. The number of rotatable bonds is 2. The maximum Gasteiger partial charge on any atom is 0.259 e. The maximum atomic E-state index is 12.6. The summed E-state index contributed by atoms with van der Waals surface area (Å²) in [6, 6.07) is 11.3. The summed E-state index contributed by atoms with van der Waals surface area (Å²) in [6.07, 6.45) is 1.68. The minimum Gasteiger partial charge on any atom is -0.358 e. The predicted octanol–water partition coefficient (Wildman–Crippen LogP) is 3.46. The number of fused-ring (bicyclic) bond motifs is 1. The largest absolute Gasteiger partial charge is 0.358 e. The van der Waals surface area contributed by atoms with Crippen LogP contribution in [0.1, 0.15) is 21.6 Å². The summed E-state index contributed by atoms with van der Waals surface area (Å²) in [7, 11) is 1.74. The van der Waals surface area contributed by atoms with Crippen LogP contribution in [0.15, 0.2) is 42.6 Å². The molecule has 3 rings (SSSR count). The molecule has 0 atom stereocenters. The summed E-state index contributed by atoms with van der Waals surface area (Å²) < 4.78 is 0. The number of anilines is 1. The molecule has 0 radical (unpaired) electrons. The summed E-state index contributed by atoms with van der Waals surface area (Å²) in [4.78, 5) is 21.7. The normalized spacial score (nSPS) is 10.8. The molecule has 0 saturated carbocycles. The average Bonchev–Trinajstić information content (AvgIpc) is 2.81. The van der Waals surface area contributed by atoms with Gasteiger partial charge in [-0.3, -0.25) is 9.69 Å². The number of nitrogens with one attached hydrogen (secondary N) is 1. The van der Waals surface area contributed by atoms with Crippen molar-refractivity contribution in [1.29, 1.82) is 0 Å². The molecule has 0 fully saturated rings. The fourth-order valence-corrected chi connectivity index (χ4v) is 2.44. The van der Waals surface area contributed by atoms with Crippen molar-refractivity contribution in [3.05, 3.63) is 59.4 Å². The van der Waals surface area contributed by atoms with Gasteiger partial charge >= 0.3 is 0 Å². The minimum atomic E-state index is -0.0612. The molecule has 4 nitrogen and oxygen atoms in total. The number of carbonyl (C=O) groups excluding carboxylic acids is 1. The summed E-state index contributed by atoms with van der Waals surface area (Å²) in [5.41, 5.74) is 4.03. The van der Waals surface area contributed by atoms with Gasteiger partial charge < -0.3 is 4.98 Å². The first-order valence-electron chi connectivity index (χ1n) is 6.86. The third-order valence-corrected chi connectivity index (χ3v) is 3.85. The van der Waals surface area contributed by atoms with Crippen molar-refractivity contribution in [2.24, 2.45) is 0 Å². The van der Waals surface area contributed by atoms with E-state index in [4.69, 9.17) is 0 Å². The molecule has 106 valence electrons. The van der Waals surface area contributed by atoms with Crippen molar-refractivity contribution >= 4 is 22.6 Å². The van der Waals surface area contributed by atoms with Gasteiger partial charge in [-0.05, 0) is 49.7 Å². The van der Waals surface area contributed by atoms with Crippen LogP contribution < -0.4 is 4.90 Å². The van der Waals surface area contributed by atoms with E-state index in [0.717, 1.165) is 16.6 Å². The van der Waals surface area contributed by atoms with Gasteiger partial charge in [0.25, 0.3) is 5.91 Å². The highest BCUT2D eigenvalue weighted by Gasteiger charge is 2.15. The molecule has 0 aliphatic carbocycles. The van der Waals surface area contributed by atoms with Crippen LogP contribution in [0.5, 0.6) is 0 Å². The number of hydrogen-bond acceptors (Lipinski definition) is 2. The van der Waals surface area contributed by atoms with Gasteiger partial charge in [0.05, 0.1) is 0 Å². The standard InChI is InChI=1S/C17H17N3O/c1-11-12(2)19-15-8-7-13(10-14(11)15)17(21)20(3)16-6-4-5-9-18-16/h4-10,19H,1-3H3. The fourth-order valence-electron chi connectivity index (χ4n) is 2.44. The molecule has 3 aromatic rings. The molecule has 2 heterocycles. The molecule has 0 bridgehead atoms. The monoisotopic (exact) mass is 279 g/mol. The number of aryl methyl sites for hydroxylation is 2. The number of benzene rings is 1. The Kier molecular flexibility index (Phi) is 3.22. The van der Waals surface area contributed by atoms with Gasteiger partial charge in [0.15, 0.2) is 0 Å². The Morgan fingerprint density at radius 1 is 1.19 bits per heavy atom. The Morgan fingerprint density at radius 2 is 2.00 bits per heavy atom. The number of aromatic amines is 1. The molecule has 0 saturated heterocycles. The Morgan fingerprint density at radius 3 is 2.71 bits per heavy atom. The van der Waals surface area contributed by atoms with Crippen molar-refractivity contribution in [3.8, 4) is 0 Å². The van der Waals surface area contributed by atoms with Gasteiger partial charge in [-0.15, -0.1) is 0 Å². The lowest BCUT2D eigenvalue weighted by atomic mass is 10.1. The van der Waals surface area contributed by atoms with Crippen molar-refractivity contribution in [1.82, 2.24) is 9.97 Å². The van der Waals surface area contributed by atoms with E-state index in [-0.39, 0.29) is 5.91 Å². The van der Waals surface area contributed by atoms with Crippen molar-refractivity contribution in [2.45, 2.75) is 13.8 Å². The second kappa shape index (κ2) is 5.05. The Hall–Kier alpha value is -2.62. The second-order valence-electron chi connectivity index (χ2n) is 5.19. The quantitative estimate of drug-likeness (QED) is 0.781. The molecule has 1 amide bonds. The number of hydrogen-bond donors (Lipinski definition) is 1. The molecule has 0 unspecified atom stereocenters. The lowest BCUT2D eigenvalue weighted by molar-refractivity contribution is 0.0992. The summed E-state index contributed by atoms with van der Waals surface area (Å²) in [5, 5.41) is 1.09. The van der Waals surface area contributed by atoms with E-state index in [1.165, 1.54) is 5.56 Å². The minimum absolute atomic E-state index is 0.0612. The van der Waals surface area contributed by atoms with Crippen LogP contribution in [0.2, 0.25) is 0 Å². The van der Waals surface area contributed by atoms with E-state index >= 15 is 0 Å². The van der Waals surface area contributed by atoms with Gasteiger partial charge in [0.1, 0.15) is 5.82 Å². The molecule has 0 aliphatic heterocycles. The van der Waals surface area contributed by atoms with Crippen LogP contribution >= 0.6 is 0 Å². The van der Waals surface area contributed by atoms with Gasteiger partial charge in [0.2, 0.25) is 0 Å². The van der Waals surface area contributed by atoms with Gasteiger partial charge in [-0.25, -0.2) is 4.98 Å². The molecule has 4 heteroatoms. The topological polar surface area (TPSA) is 49.0 Å². The van der Waals surface area contributed by atoms with Crippen LogP contribution in [-0.2, 0) is 0 Å². The molecule has 0 aliphatic rings. The number of carbonyl (C=O) groups is 1. The first kappa shape index (κ1) is 13.4. The Bertz CT molecular complexity index is 806. The third kappa shape index (κ3) is 2.29. The van der Waals surface area contributed by atoms with E-state index < -0.39 is 0 Å². The van der Waals surface area contributed by atoms with Crippen LogP contribution in [0.25, 0.3) is 10.9 Å². The number of nitrogens with zero attached hydrogens (tertiary/aromatic N) is 2. The van der Waals surface area contributed by atoms with E-state index in [1.807, 2.05) is 43.3 Å². The van der Waals surface area contributed by atoms with E-state index in [2.05, 4.69) is 16.9 Å². The zero-order valence-corrected chi connectivity index (χ0v) is 12.3. The highest BCUT2D eigenvalue weighted by Crippen LogP contribution is 2.23. The molecular weight excluding hydrogens is 262 g/mol. The molecule has 2 aromatic heterocycles. The lowest BCUT2D eigenvalue weighted by Gasteiger charge is -2.16. The van der Waals surface area contributed by atoms with E-state index in [1.54, 1.807) is 18.1 Å². The Labute approximate surface area is 123 Å². The smallest absolute Gasteiger partial charge is 0.259 e. The van der Waals surface area contributed by atoms with Gasteiger partial charge in [-0.2, -0.15) is 0 Å². The zero-order chi connectivity index (χ0) is 15.0. The molecular formula is C17H17N3O. The molecule has 1 aromatic carbocycles. The summed E-state index contributed by atoms with van der Waals surface area (Å²) in [6.45, 7) is 4.10. The SMILES string of the molecule is Cc1[nH]c2ccc(C(=O)N(C)c3ccccn3)cc2c1C. The van der Waals surface area contributed by atoms with Crippen LogP contribution in [0, 0.1) is 13.8 Å². The van der Waals surface area contributed by atoms with Crippen LogP contribution in [0.4, 0.5) is 5.82 Å². The Balaban J connectivity index is 2.00. The number of aromatic nitrogens is 2. The fraction of sp³-hybridized carbons (Fsp3) is 0.176. The van der Waals surface area contributed by atoms with E-state index in [9.17, 15) is 4.79 Å². The van der Waals surface area contributed by atoms with Crippen LogP contribution in [0.3, 0.4) is 0 Å².